The van der Waals surface area contributed by atoms with Crippen LogP contribution in [0.3, 0.4) is 0 Å². The van der Waals surface area contributed by atoms with Crippen LogP contribution in [0.1, 0.15) is 133 Å². The van der Waals surface area contributed by atoms with Crippen molar-refractivity contribution in [1.82, 2.24) is 95.0 Å². The van der Waals surface area contributed by atoms with Gasteiger partial charge in [-0.05, 0) is 152 Å². The van der Waals surface area contributed by atoms with Crippen LogP contribution in [0.15, 0.2) is 140 Å². The van der Waals surface area contributed by atoms with Gasteiger partial charge in [-0.15, -0.1) is 0 Å². The molecule has 4 saturated heterocycles. The molecule has 135 heavy (non-hydrogen) atoms. The van der Waals surface area contributed by atoms with Gasteiger partial charge in [-0.2, -0.15) is 11.8 Å². The number of primary amides is 2. The van der Waals surface area contributed by atoms with E-state index in [-0.39, 0.29) is 136 Å². The average Bonchev–Trinajstić information content (AvgIpc) is 1.67. The van der Waals surface area contributed by atoms with Gasteiger partial charge in [0.05, 0.1) is 25.1 Å². The lowest BCUT2D eigenvalue weighted by Gasteiger charge is -2.31. The minimum Gasteiger partial charge on any atom is -0.394 e. The van der Waals surface area contributed by atoms with Gasteiger partial charge in [0.15, 0.2) is 0 Å². The van der Waals surface area contributed by atoms with E-state index < -0.39 is 168 Å². The smallest absolute Gasteiger partial charge is 0.322 e. The van der Waals surface area contributed by atoms with Crippen molar-refractivity contribution in [2.24, 2.45) is 17.4 Å². The van der Waals surface area contributed by atoms with Crippen LogP contribution in [0, 0.1) is 5.92 Å². The second kappa shape index (κ2) is 51.1. The number of thioether (sulfide) groups is 1. The number of halogens is 1. The minimum atomic E-state index is -1.96. The molecular weight excluding hydrogens is 1780 g/mol. The number of unbranched alkanes of at least 4 members (excludes halogenated alkanes) is 2. The lowest BCUT2D eigenvalue weighted by atomic mass is 9.99. The molecule has 14 atom stereocenters. The van der Waals surface area contributed by atoms with Crippen molar-refractivity contribution in [2.75, 3.05) is 49.2 Å². The quantitative estimate of drug-likeness (QED) is 0.0190. The van der Waals surface area contributed by atoms with Gasteiger partial charge < -0.3 is 112 Å². The maximum atomic E-state index is 15.7. The molecule has 10 rings (SSSR count). The molecule has 0 saturated carbocycles. The summed E-state index contributed by atoms with van der Waals surface area (Å²) in [4.78, 5) is 241. The Bertz CT molecular complexity index is 5180. The van der Waals surface area contributed by atoms with Crippen LogP contribution in [-0.2, 0) is 94.4 Å². The van der Waals surface area contributed by atoms with Crippen LogP contribution in [0.25, 0.3) is 10.8 Å². The van der Waals surface area contributed by atoms with E-state index in [1.807, 2.05) is 50.2 Å². The number of aromatic nitrogens is 1. The van der Waals surface area contributed by atoms with Crippen LogP contribution < -0.4 is 107 Å². The molecular formula is C93H121ClN22O18S. The summed E-state index contributed by atoms with van der Waals surface area (Å²) >= 11 is 8.08. The zero-order valence-electron chi connectivity index (χ0n) is 75.8. The number of aliphatic hydroxyl groups excluding tert-OH is 1. The summed E-state index contributed by atoms with van der Waals surface area (Å²) in [7, 11) is 0. The normalized spacial score (nSPS) is 18.0. The molecule has 42 heteroatoms. The number of imide groups is 1. The largest absolute Gasteiger partial charge is 0.394 e. The number of hydrogen-bond donors (Lipinski definition) is 21. The fourth-order valence-electron chi connectivity index (χ4n) is 16.1. The van der Waals surface area contributed by atoms with Gasteiger partial charge in [0.25, 0.3) is 0 Å². The number of aliphatic hydroxyl groups is 1. The molecule has 4 aliphatic rings. The Kier molecular flexibility index (Phi) is 39.2. The molecule has 1 unspecified atom stereocenters. The van der Waals surface area contributed by atoms with E-state index in [4.69, 9.17) is 23.1 Å². The molecule has 23 N–H and O–H groups in total. The number of fused-ring (bicyclic) bond motifs is 2. The number of urea groups is 4. The number of amides is 21. The van der Waals surface area contributed by atoms with E-state index in [9.17, 15) is 57.8 Å². The number of rotatable bonds is 49. The first kappa shape index (κ1) is 104. The summed E-state index contributed by atoms with van der Waals surface area (Å²) in [5, 5.41) is 62.2. The molecule has 1 aromatic heterocycles. The zero-order valence-corrected chi connectivity index (χ0v) is 77.4. The number of hydrogen-bond acceptors (Lipinski definition) is 21. The number of nitrogens with one attached hydrogen (secondary N) is 18. The van der Waals surface area contributed by atoms with E-state index >= 15 is 28.8 Å². The SMILES string of the molecule is CC(C)C[C@H](NC(=O)[C@@H](Cc1ccc(NC(=O)NCCNC(=O)CCCC[C@@H]2SC[C@@H]3NC(=O)N[C@@H]32)cc1)NC(=O)[C@H](Cc1ccc(NC(=O)C2CC(=O)NC(=O)N2)cc1)NC(=O)[C@H](CO)NC(=O)[C@@H](Cc1cccnc1)NC(=O)[C@@H](Cc1ccc(Cl)cc1)NC(=O)[C@@H](Cc1ccc2ccccc2c1)NC(N)=O)C(=O)N[C@@H](CCCCNC(C)C)C(=O)N1CCC[C@H]1C(=O)N[C@H](C)C(N)=O. The van der Waals surface area contributed by atoms with Gasteiger partial charge in [-0.3, -0.25) is 72.6 Å². The molecule has 0 bridgehead atoms. The minimum absolute atomic E-state index is 0.0477. The van der Waals surface area contributed by atoms with Crippen LogP contribution in [0.5, 0.6) is 0 Å². The molecule has 724 valence electrons. The number of benzene rings is 5. The first-order valence-corrected chi connectivity index (χ1v) is 46.7. The van der Waals surface area contributed by atoms with Gasteiger partial charge >= 0.3 is 24.1 Å². The molecule has 6 aromatic rings. The maximum absolute atomic E-state index is 15.7. The van der Waals surface area contributed by atoms with E-state index in [0.717, 1.165) is 29.4 Å². The monoisotopic (exact) mass is 1900 g/mol. The third kappa shape index (κ3) is 32.7. The fourth-order valence-corrected chi connectivity index (χ4v) is 17.7. The number of carbonyl (C=O) groups excluding carboxylic acids is 17. The Labute approximate surface area is 790 Å². The maximum Gasteiger partial charge on any atom is 0.322 e. The van der Waals surface area contributed by atoms with Crippen molar-refractivity contribution in [2.45, 2.75) is 227 Å². The zero-order chi connectivity index (χ0) is 97.4. The lowest BCUT2D eigenvalue weighted by molar-refractivity contribution is -0.142. The van der Waals surface area contributed by atoms with Crippen molar-refractivity contribution in [1.29, 1.82) is 0 Å². The fraction of sp³-hybridized carbons (Fsp3) is 0.462. The molecule has 0 spiro atoms. The van der Waals surface area contributed by atoms with Gasteiger partial charge in [0.2, 0.25) is 76.8 Å². The Morgan fingerprint density at radius 3 is 1.65 bits per heavy atom. The van der Waals surface area contributed by atoms with E-state index in [1.54, 1.807) is 68.1 Å². The molecule has 0 aliphatic carbocycles. The predicted molar refractivity (Wildman–Crippen MR) is 504 cm³/mol. The number of pyridine rings is 1. The van der Waals surface area contributed by atoms with Gasteiger partial charge in [-0.1, -0.05) is 131 Å². The second-order valence-electron chi connectivity index (χ2n) is 34.7. The van der Waals surface area contributed by atoms with Crippen molar-refractivity contribution >= 4 is 146 Å². The molecule has 40 nitrogen and oxygen atoms in total. The van der Waals surface area contributed by atoms with Crippen LogP contribution in [0.2, 0.25) is 5.02 Å². The van der Waals surface area contributed by atoms with Crippen molar-refractivity contribution in [3.05, 3.63) is 173 Å². The molecule has 21 amide bonds. The summed E-state index contributed by atoms with van der Waals surface area (Å²) in [6.07, 6.45) is 5.13. The third-order valence-corrected chi connectivity index (χ3v) is 25.0. The summed E-state index contributed by atoms with van der Waals surface area (Å²) in [5.74, 6) is -10.2. The average molecular weight is 1900 g/mol. The standard InChI is InChI=1S/C93H121ClN22O18S/c1-51(2)40-65(81(122)104-64(17-10-11-36-98-52(3)4)89(130)116-39-13-18-74(116)88(129)101-53(5)79(95)120)105-82(123)67(43-56-26-33-63(34-27-56)103-91(132)100-38-37-99-76(118)20-9-8-19-75-78-73(50-135-75)113-93(134)115-78)106-84(125)68(44-55-24-31-62(32-25-55)102-80(121)71-47-77(119)114-92(133)112-71)109-87(128)72(49-117)110-85(126)69(46-58-14-12-35-97-48-58)108-83(124)66(42-54-22-29-61(94)30-23-54)107-86(127)70(111-90(96)131)45-57-21-28-59-15-6-7-16-60(59)41-57/h6-7,12,14-16,21-35,41,48,51-53,64-75,78,98,117H,8-11,13,17-20,36-40,42-47,49-50H2,1-5H3,(H2,95,120)(H,99,118)(H,101,129)(H,102,121)(H,104,122)(H,105,123)(H,106,125)(H,107,127)(H,108,124)(H,109,128)(H,110,126)(H3,96,111,131)(H2,100,103,132)(H2,113,115,134)(H2,112,114,119,133)/t53-,64+,65+,66-,67-,68+,69-,70-,71?,72+,73+,74+,75+,78+/m1/s1. The van der Waals surface area contributed by atoms with Gasteiger partial charge in [0, 0.05) is 104 Å². The number of nitrogens with two attached hydrogens (primary N) is 2. The highest BCUT2D eigenvalue weighted by molar-refractivity contribution is 8.00. The summed E-state index contributed by atoms with van der Waals surface area (Å²) in [5.41, 5.74) is 13.6. The Morgan fingerprint density at radius 2 is 1.07 bits per heavy atom. The van der Waals surface area contributed by atoms with E-state index in [1.165, 1.54) is 72.7 Å². The lowest BCUT2D eigenvalue weighted by Crippen LogP contribution is -2.62. The number of likely N-dealkylation sites (tertiary alicyclic amines) is 1. The highest BCUT2D eigenvalue weighted by atomic mass is 35.5. The molecule has 5 heterocycles. The number of nitrogens with zero attached hydrogens (tertiary/aromatic N) is 2. The molecule has 0 radical (unpaired) electrons. The Hall–Kier alpha value is -13.5. The summed E-state index contributed by atoms with van der Waals surface area (Å²) < 4.78 is 0. The van der Waals surface area contributed by atoms with Crippen molar-refractivity contribution in [3.63, 3.8) is 0 Å². The number of anilines is 2. The van der Waals surface area contributed by atoms with Gasteiger partial charge in [-0.25, -0.2) is 19.2 Å². The van der Waals surface area contributed by atoms with Crippen LogP contribution >= 0.6 is 23.4 Å². The van der Waals surface area contributed by atoms with Gasteiger partial charge in [0.1, 0.15) is 66.5 Å². The molecule has 4 fully saturated rings. The van der Waals surface area contributed by atoms with E-state index in [0.29, 0.717) is 59.5 Å². The Balaban J connectivity index is 0.918. The molecule has 5 aromatic carbocycles. The number of carbonyl (C=O) groups is 17. The first-order valence-electron chi connectivity index (χ1n) is 45.2. The second-order valence-corrected chi connectivity index (χ2v) is 36.4. The summed E-state index contributed by atoms with van der Waals surface area (Å²) in [6.45, 7) is 8.58. The van der Waals surface area contributed by atoms with Crippen molar-refractivity contribution in [3.8, 4) is 0 Å². The highest BCUT2D eigenvalue weighted by Crippen LogP contribution is 2.34. The third-order valence-electron chi connectivity index (χ3n) is 23.2. The van der Waals surface area contributed by atoms with Crippen LogP contribution in [0.4, 0.5) is 30.6 Å². The van der Waals surface area contributed by atoms with Crippen molar-refractivity contribution < 1.29 is 86.6 Å². The predicted octanol–water partition coefficient (Wildman–Crippen LogP) is 1.52. The highest BCUT2D eigenvalue weighted by Gasteiger charge is 2.44. The topological polar surface area (TPSA) is 595 Å². The molecule has 4 aliphatic heterocycles. The van der Waals surface area contributed by atoms with Crippen LogP contribution in [-0.4, -0.2) is 244 Å². The Morgan fingerprint density at radius 1 is 0.533 bits per heavy atom. The first-order chi connectivity index (χ1) is 64.6. The van der Waals surface area contributed by atoms with E-state index in [2.05, 4.69) is 101 Å². The summed E-state index contributed by atoms with van der Waals surface area (Å²) in [6, 6.07) is 15.7.